The van der Waals surface area contributed by atoms with E-state index >= 15 is 0 Å². The lowest BCUT2D eigenvalue weighted by Gasteiger charge is -2.29. The number of rotatable bonds is 7. The molecule has 5 rings (SSSR count). The maximum absolute atomic E-state index is 13.2. The highest BCUT2D eigenvalue weighted by atomic mass is 16.7. The molecule has 1 amide bonds. The van der Waals surface area contributed by atoms with Crippen LogP contribution in [0, 0.1) is 0 Å². The zero-order valence-corrected chi connectivity index (χ0v) is 19.6. The fourth-order valence-corrected chi connectivity index (χ4v) is 4.73. The summed E-state index contributed by atoms with van der Waals surface area (Å²) in [4.78, 5) is 30.2. The minimum atomic E-state index is -0.712. The molecule has 184 valence electrons. The van der Waals surface area contributed by atoms with Crippen LogP contribution in [0.4, 0.5) is 0 Å². The highest BCUT2D eigenvalue weighted by molar-refractivity contribution is 6.46. The van der Waals surface area contributed by atoms with Gasteiger partial charge in [0.05, 0.1) is 31.9 Å². The minimum absolute atomic E-state index is 0.0606. The van der Waals surface area contributed by atoms with Crippen molar-refractivity contribution in [1.82, 2.24) is 9.80 Å². The number of fused-ring (bicyclic) bond motifs is 1. The summed E-state index contributed by atoms with van der Waals surface area (Å²) < 4.78 is 21.4. The number of carbonyl (C=O) groups is 2. The summed E-state index contributed by atoms with van der Waals surface area (Å²) in [6.07, 6.45) is 0.698. The van der Waals surface area contributed by atoms with Crippen molar-refractivity contribution in [3.63, 3.8) is 0 Å². The Labute approximate surface area is 203 Å². The molecule has 1 N–H and O–H groups in total. The number of hydrogen-bond donors (Lipinski definition) is 1. The van der Waals surface area contributed by atoms with Gasteiger partial charge in [-0.05, 0) is 42.3 Å². The maximum atomic E-state index is 13.2. The molecule has 0 aliphatic carbocycles. The first-order valence-corrected chi connectivity index (χ1v) is 11.7. The number of amides is 1. The van der Waals surface area contributed by atoms with Gasteiger partial charge < -0.3 is 29.0 Å². The van der Waals surface area contributed by atoms with Gasteiger partial charge in [-0.2, -0.15) is 0 Å². The number of aliphatic hydroxyl groups is 1. The highest BCUT2D eigenvalue weighted by Gasteiger charge is 2.46. The van der Waals surface area contributed by atoms with Crippen molar-refractivity contribution in [3.8, 4) is 17.2 Å². The number of ether oxygens (including phenoxy) is 4. The van der Waals surface area contributed by atoms with E-state index in [1.807, 2.05) is 12.1 Å². The number of morpholine rings is 1. The van der Waals surface area contributed by atoms with Crippen LogP contribution in [0.15, 0.2) is 48.0 Å². The topological polar surface area (TPSA) is 97.8 Å². The molecule has 2 aromatic carbocycles. The molecule has 2 fully saturated rings. The Hall–Kier alpha value is -3.56. The first kappa shape index (κ1) is 23.2. The first-order valence-electron chi connectivity index (χ1n) is 11.7. The Morgan fingerprint density at radius 3 is 2.51 bits per heavy atom. The summed E-state index contributed by atoms with van der Waals surface area (Å²) >= 11 is 0. The van der Waals surface area contributed by atoms with Crippen LogP contribution < -0.4 is 14.2 Å². The predicted octanol–water partition coefficient (Wildman–Crippen LogP) is 2.57. The number of nitrogens with zero attached hydrogens (tertiary/aromatic N) is 2. The normalized spacial score (nSPS) is 21.5. The van der Waals surface area contributed by atoms with Crippen molar-refractivity contribution >= 4 is 17.4 Å². The summed E-state index contributed by atoms with van der Waals surface area (Å²) in [6.45, 7) is 4.38. The first-order chi connectivity index (χ1) is 17.1. The standard InChI is InChI=1S/C26H28N2O7/c1-32-19-6-3-17(4-7-19)23-22(24(29)18-5-8-20-21(15-18)35-16-34-20)25(30)26(31)28(23)10-2-9-27-11-13-33-14-12-27/h3-8,15,23,29H,2,9-14,16H2,1H3/b24-22+. The summed E-state index contributed by atoms with van der Waals surface area (Å²) in [5, 5.41) is 11.3. The fraction of sp³-hybridized carbons (Fsp3) is 0.385. The Bertz CT molecular complexity index is 1140. The second kappa shape index (κ2) is 9.97. The van der Waals surface area contributed by atoms with Gasteiger partial charge in [0.1, 0.15) is 11.5 Å². The molecule has 3 aliphatic rings. The van der Waals surface area contributed by atoms with Crippen LogP contribution in [0.2, 0.25) is 0 Å². The monoisotopic (exact) mass is 480 g/mol. The van der Waals surface area contributed by atoms with Crippen LogP contribution in [-0.4, -0.2) is 79.9 Å². The van der Waals surface area contributed by atoms with Gasteiger partial charge in [-0.25, -0.2) is 0 Å². The summed E-state index contributed by atoms with van der Waals surface area (Å²) in [6, 6.07) is 11.4. The number of hydrogen-bond acceptors (Lipinski definition) is 8. The molecule has 0 bridgehead atoms. The molecule has 35 heavy (non-hydrogen) atoms. The van der Waals surface area contributed by atoms with E-state index in [0.29, 0.717) is 49.0 Å². The molecule has 9 nitrogen and oxygen atoms in total. The zero-order chi connectivity index (χ0) is 24.4. The number of Topliss-reactive ketones (excluding diaryl/α,β-unsaturated/α-hetero) is 1. The van der Waals surface area contributed by atoms with Gasteiger partial charge in [0, 0.05) is 31.7 Å². The minimum Gasteiger partial charge on any atom is -0.507 e. The quantitative estimate of drug-likeness (QED) is 0.367. The molecule has 9 heteroatoms. The third-order valence-corrected chi connectivity index (χ3v) is 6.59. The SMILES string of the molecule is COc1ccc(C2/C(=C(\O)c3ccc4c(c3)OCO4)C(=O)C(=O)N2CCCN2CCOCC2)cc1. The van der Waals surface area contributed by atoms with Crippen molar-refractivity contribution in [2.45, 2.75) is 12.5 Å². The number of likely N-dealkylation sites (tertiary alicyclic amines) is 1. The Morgan fingerprint density at radius 1 is 1.03 bits per heavy atom. The average molecular weight is 481 g/mol. The van der Waals surface area contributed by atoms with Crippen LogP contribution in [-0.2, 0) is 14.3 Å². The van der Waals surface area contributed by atoms with Gasteiger partial charge in [-0.15, -0.1) is 0 Å². The summed E-state index contributed by atoms with van der Waals surface area (Å²) in [7, 11) is 1.58. The number of carbonyl (C=O) groups excluding carboxylic acids is 2. The molecule has 3 aliphatic heterocycles. The van der Waals surface area contributed by atoms with Gasteiger partial charge in [-0.1, -0.05) is 12.1 Å². The zero-order valence-electron chi connectivity index (χ0n) is 19.6. The Kier molecular flexibility index (Phi) is 6.61. The van der Waals surface area contributed by atoms with Crippen LogP contribution in [0.3, 0.4) is 0 Å². The van der Waals surface area contributed by atoms with Gasteiger partial charge in [0.25, 0.3) is 11.7 Å². The van der Waals surface area contributed by atoms with Gasteiger partial charge in [0.2, 0.25) is 6.79 Å². The van der Waals surface area contributed by atoms with Gasteiger partial charge >= 0.3 is 0 Å². The summed E-state index contributed by atoms with van der Waals surface area (Å²) in [5.41, 5.74) is 1.17. The molecule has 0 aromatic heterocycles. The predicted molar refractivity (Wildman–Crippen MR) is 126 cm³/mol. The Morgan fingerprint density at radius 2 is 1.77 bits per heavy atom. The van der Waals surface area contributed by atoms with Crippen LogP contribution >= 0.6 is 0 Å². The molecule has 0 spiro atoms. The van der Waals surface area contributed by atoms with Crippen LogP contribution in [0.1, 0.15) is 23.6 Å². The van der Waals surface area contributed by atoms with Crippen molar-refractivity contribution in [2.75, 3.05) is 53.3 Å². The number of methoxy groups -OCH3 is 1. The lowest BCUT2D eigenvalue weighted by Crippen LogP contribution is -2.38. The highest BCUT2D eigenvalue weighted by Crippen LogP contribution is 2.41. The van der Waals surface area contributed by atoms with Crippen molar-refractivity contribution < 1.29 is 33.6 Å². The summed E-state index contributed by atoms with van der Waals surface area (Å²) in [5.74, 6) is 0.154. The van der Waals surface area contributed by atoms with E-state index in [1.165, 1.54) is 0 Å². The number of ketones is 1. The van der Waals surface area contributed by atoms with E-state index in [-0.39, 0.29) is 18.1 Å². The van der Waals surface area contributed by atoms with E-state index in [9.17, 15) is 14.7 Å². The second-order valence-corrected chi connectivity index (χ2v) is 8.64. The van der Waals surface area contributed by atoms with Crippen molar-refractivity contribution in [2.24, 2.45) is 0 Å². The average Bonchev–Trinajstić information content (AvgIpc) is 3.47. The molecule has 2 aromatic rings. The van der Waals surface area contributed by atoms with E-state index in [1.54, 1.807) is 42.3 Å². The van der Waals surface area contributed by atoms with Gasteiger partial charge in [0.15, 0.2) is 11.5 Å². The maximum Gasteiger partial charge on any atom is 0.295 e. The fourth-order valence-electron chi connectivity index (χ4n) is 4.73. The molecule has 3 heterocycles. The largest absolute Gasteiger partial charge is 0.507 e. The molecular weight excluding hydrogens is 452 g/mol. The third kappa shape index (κ3) is 4.56. The molecule has 1 unspecified atom stereocenters. The van der Waals surface area contributed by atoms with E-state index in [2.05, 4.69) is 4.90 Å². The smallest absolute Gasteiger partial charge is 0.295 e. The van der Waals surface area contributed by atoms with E-state index < -0.39 is 17.7 Å². The van der Waals surface area contributed by atoms with Crippen LogP contribution in [0.5, 0.6) is 17.2 Å². The number of benzene rings is 2. The lowest BCUT2D eigenvalue weighted by atomic mass is 9.95. The molecule has 0 saturated carbocycles. The van der Waals surface area contributed by atoms with Crippen LogP contribution in [0.25, 0.3) is 5.76 Å². The Balaban J connectivity index is 1.48. The lowest BCUT2D eigenvalue weighted by molar-refractivity contribution is -0.140. The van der Waals surface area contributed by atoms with E-state index in [4.69, 9.17) is 18.9 Å². The second-order valence-electron chi connectivity index (χ2n) is 8.64. The van der Waals surface area contributed by atoms with Gasteiger partial charge in [-0.3, -0.25) is 14.5 Å². The molecule has 2 saturated heterocycles. The van der Waals surface area contributed by atoms with Crippen molar-refractivity contribution in [1.29, 1.82) is 0 Å². The molecular formula is C26H28N2O7. The van der Waals surface area contributed by atoms with E-state index in [0.717, 1.165) is 25.2 Å². The third-order valence-electron chi connectivity index (χ3n) is 6.59. The van der Waals surface area contributed by atoms with Crippen molar-refractivity contribution in [3.05, 3.63) is 59.2 Å². The number of aliphatic hydroxyl groups excluding tert-OH is 1. The molecule has 1 atom stereocenters. The molecule has 0 radical (unpaired) electrons.